The average Bonchev–Trinajstić information content (AvgIpc) is 2.47. The molecule has 22 heavy (non-hydrogen) atoms. The summed E-state index contributed by atoms with van der Waals surface area (Å²) >= 11 is 0. The standard InChI is InChI=1S/C20H28O2/c1-13(2)15-10-14-6-7-18-19(3,12-21)8-5-9-20(18,4)16(14)11-17(15)22/h10-13,18,22H,5-9H2,1-4H3/t18?,19-,20-/m1/s1. The number of carbonyl (C=O) groups excluding carboxylic acids is 1. The second-order valence-corrected chi connectivity index (χ2v) is 8.21. The third-order valence-corrected chi connectivity index (χ3v) is 6.44. The lowest BCUT2D eigenvalue weighted by Crippen LogP contribution is -2.49. The van der Waals surface area contributed by atoms with E-state index < -0.39 is 0 Å². The highest BCUT2D eigenvalue weighted by Gasteiger charge is 2.51. The largest absolute Gasteiger partial charge is 0.508 e. The van der Waals surface area contributed by atoms with E-state index in [1.54, 1.807) is 0 Å². The van der Waals surface area contributed by atoms with Gasteiger partial charge in [-0.15, -0.1) is 0 Å². The van der Waals surface area contributed by atoms with Crippen LogP contribution in [0.4, 0.5) is 0 Å². The Bertz CT molecular complexity index is 604. The molecule has 0 spiro atoms. The van der Waals surface area contributed by atoms with Crippen LogP contribution in [0.2, 0.25) is 0 Å². The molecule has 1 fully saturated rings. The molecule has 2 aliphatic carbocycles. The first kappa shape index (κ1) is 15.6. The van der Waals surface area contributed by atoms with Crippen LogP contribution in [0.5, 0.6) is 5.75 Å². The van der Waals surface area contributed by atoms with Gasteiger partial charge in [0.05, 0.1) is 0 Å². The Balaban J connectivity index is 2.13. The van der Waals surface area contributed by atoms with Gasteiger partial charge in [0, 0.05) is 5.41 Å². The number of rotatable bonds is 2. The third-order valence-electron chi connectivity index (χ3n) is 6.44. The molecule has 0 saturated heterocycles. The summed E-state index contributed by atoms with van der Waals surface area (Å²) < 4.78 is 0. The first-order valence-corrected chi connectivity index (χ1v) is 8.64. The van der Waals surface area contributed by atoms with Crippen LogP contribution in [0.1, 0.15) is 76.0 Å². The van der Waals surface area contributed by atoms with Crippen molar-refractivity contribution in [2.24, 2.45) is 11.3 Å². The molecule has 2 nitrogen and oxygen atoms in total. The fraction of sp³-hybridized carbons (Fsp3) is 0.650. The number of hydrogen-bond donors (Lipinski definition) is 1. The summed E-state index contributed by atoms with van der Waals surface area (Å²) in [7, 11) is 0. The molecule has 3 rings (SSSR count). The van der Waals surface area contributed by atoms with Crippen LogP contribution in [0, 0.1) is 11.3 Å². The number of benzene rings is 1. The molecular weight excluding hydrogens is 272 g/mol. The van der Waals surface area contributed by atoms with Crippen LogP contribution in [-0.4, -0.2) is 11.4 Å². The van der Waals surface area contributed by atoms with Crippen molar-refractivity contribution in [3.05, 3.63) is 28.8 Å². The molecule has 1 unspecified atom stereocenters. The maximum absolute atomic E-state index is 11.8. The molecule has 120 valence electrons. The Kier molecular flexibility index (Phi) is 3.62. The smallest absolute Gasteiger partial charge is 0.126 e. The highest BCUT2D eigenvalue weighted by atomic mass is 16.3. The topological polar surface area (TPSA) is 37.3 Å². The molecular formula is C20H28O2. The van der Waals surface area contributed by atoms with Crippen molar-refractivity contribution in [3.8, 4) is 5.75 Å². The summed E-state index contributed by atoms with van der Waals surface area (Å²) in [6.07, 6.45) is 6.52. The van der Waals surface area contributed by atoms with Gasteiger partial charge in [-0.3, -0.25) is 0 Å². The van der Waals surface area contributed by atoms with Crippen molar-refractivity contribution in [3.63, 3.8) is 0 Å². The van der Waals surface area contributed by atoms with E-state index in [2.05, 4.69) is 33.8 Å². The number of aldehydes is 1. The van der Waals surface area contributed by atoms with Crippen molar-refractivity contribution >= 4 is 6.29 Å². The zero-order valence-corrected chi connectivity index (χ0v) is 14.3. The molecule has 1 N–H and O–H groups in total. The van der Waals surface area contributed by atoms with Gasteiger partial charge in [0.25, 0.3) is 0 Å². The minimum atomic E-state index is -0.211. The molecule has 0 bridgehead atoms. The molecule has 1 saturated carbocycles. The van der Waals surface area contributed by atoms with Crippen LogP contribution in [0.3, 0.4) is 0 Å². The maximum atomic E-state index is 11.8. The maximum Gasteiger partial charge on any atom is 0.126 e. The fourth-order valence-electron chi connectivity index (χ4n) is 5.18. The van der Waals surface area contributed by atoms with Crippen LogP contribution >= 0.6 is 0 Å². The van der Waals surface area contributed by atoms with Gasteiger partial charge >= 0.3 is 0 Å². The van der Waals surface area contributed by atoms with Crippen LogP contribution in [-0.2, 0) is 16.6 Å². The Labute approximate surface area is 133 Å². The Hall–Kier alpha value is -1.31. The Morgan fingerprint density at radius 3 is 2.64 bits per heavy atom. The number of phenolic OH excluding ortho intramolecular Hbond substituents is 1. The molecule has 0 aromatic heterocycles. The van der Waals surface area contributed by atoms with Gasteiger partial charge < -0.3 is 9.90 Å². The van der Waals surface area contributed by atoms with E-state index in [4.69, 9.17) is 0 Å². The van der Waals surface area contributed by atoms with Crippen LogP contribution < -0.4 is 0 Å². The highest BCUT2D eigenvalue weighted by molar-refractivity contribution is 5.61. The van der Waals surface area contributed by atoms with E-state index in [1.807, 2.05) is 6.07 Å². The van der Waals surface area contributed by atoms with E-state index in [0.717, 1.165) is 37.7 Å². The van der Waals surface area contributed by atoms with Gasteiger partial charge in [-0.05, 0) is 65.7 Å². The highest BCUT2D eigenvalue weighted by Crippen LogP contribution is 2.57. The van der Waals surface area contributed by atoms with Gasteiger partial charge in [0.1, 0.15) is 12.0 Å². The number of aromatic hydroxyl groups is 1. The second-order valence-electron chi connectivity index (χ2n) is 8.21. The number of aryl methyl sites for hydroxylation is 1. The molecule has 2 aliphatic rings. The molecule has 0 radical (unpaired) electrons. The minimum absolute atomic E-state index is 0.0223. The summed E-state index contributed by atoms with van der Waals surface area (Å²) in [6.45, 7) is 8.69. The Morgan fingerprint density at radius 2 is 2.00 bits per heavy atom. The van der Waals surface area contributed by atoms with E-state index in [-0.39, 0.29) is 10.8 Å². The van der Waals surface area contributed by atoms with Crippen molar-refractivity contribution < 1.29 is 9.90 Å². The first-order valence-electron chi connectivity index (χ1n) is 8.64. The second kappa shape index (κ2) is 5.11. The quantitative estimate of drug-likeness (QED) is 0.802. The zero-order chi connectivity index (χ0) is 16.1. The predicted molar refractivity (Wildman–Crippen MR) is 89.4 cm³/mol. The third kappa shape index (κ3) is 2.11. The van der Waals surface area contributed by atoms with E-state index in [0.29, 0.717) is 17.6 Å². The predicted octanol–water partition coefficient (Wildman–Crippen LogP) is 4.72. The van der Waals surface area contributed by atoms with Gasteiger partial charge in [0.15, 0.2) is 0 Å². The summed E-state index contributed by atoms with van der Waals surface area (Å²) in [5.41, 5.74) is 3.54. The number of fused-ring (bicyclic) bond motifs is 3. The molecule has 1 aromatic carbocycles. The minimum Gasteiger partial charge on any atom is -0.508 e. The van der Waals surface area contributed by atoms with Gasteiger partial charge in [0.2, 0.25) is 0 Å². The summed E-state index contributed by atoms with van der Waals surface area (Å²) in [6, 6.07) is 4.22. The van der Waals surface area contributed by atoms with Crippen molar-refractivity contribution in [1.29, 1.82) is 0 Å². The number of phenols is 1. The molecule has 2 heteroatoms. The van der Waals surface area contributed by atoms with Crippen molar-refractivity contribution in [1.82, 2.24) is 0 Å². The summed E-state index contributed by atoms with van der Waals surface area (Å²) in [4.78, 5) is 11.8. The lowest BCUT2D eigenvalue weighted by Gasteiger charge is -2.53. The Morgan fingerprint density at radius 1 is 1.27 bits per heavy atom. The van der Waals surface area contributed by atoms with E-state index in [9.17, 15) is 9.90 Å². The van der Waals surface area contributed by atoms with E-state index >= 15 is 0 Å². The fourth-order valence-corrected chi connectivity index (χ4v) is 5.18. The van der Waals surface area contributed by atoms with Crippen LogP contribution in [0.25, 0.3) is 0 Å². The lowest BCUT2D eigenvalue weighted by atomic mass is 9.50. The van der Waals surface area contributed by atoms with Crippen molar-refractivity contribution in [2.75, 3.05) is 0 Å². The number of hydrogen-bond acceptors (Lipinski definition) is 2. The monoisotopic (exact) mass is 300 g/mol. The molecule has 0 heterocycles. The van der Waals surface area contributed by atoms with Gasteiger partial charge in [-0.25, -0.2) is 0 Å². The van der Waals surface area contributed by atoms with Gasteiger partial charge in [-0.2, -0.15) is 0 Å². The summed E-state index contributed by atoms with van der Waals surface area (Å²) in [5.74, 6) is 1.15. The lowest BCUT2D eigenvalue weighted by molar-refractivity contribution is -0.123. The number of carbonyl (C=O) groups is 1. The van der Waals surface area contributed by atoms with E-state index in [1.165, 1.54) is 17.4 Å². The molecule has 0 aliphatic heterocycles. The SMILES string of the molecule is CC(C)c1cc2c(cc1O)[C@@]1(C)CCC[C@](C)(C=O)C1CC2. The zero-order valence-electron chi connectivity index (χ0n) is 14.3. The molecule has 3 atom stereocenters. The van der Waals surface area contributed by atoms with Crippen LogP contribution in [0.15, 0.2) is 12.1 Å². The molecule has 0 amide bonds. The normalized spacial score (nSPS) is 34.1. The first-order chi connectivity index (χ1) is 10.3. The average molecular weight is 300 g/mol. The molecule has 1 aromatic rings. The van der Waals surface area contributed by atoms with Crippen molar-refractivity contribution in [2.45, 2.75) is 71.1 Å². The summed E-state index contributed by atoms with van der Waals surface area (Å²) in [5, 5.41) is 10.5. The van der Waals surface area contributed by atoms with Gasteiger partial charge in [-0.1, -0.05) is 40.2 Å².